The highest BCUT2D eigenvalue weighted by Gasteiger charge is 2.37. The zero-order valence-electron chi connectivity index (χ0n) is 9.94. The van der Waals surface area contributed by atoms with Crippen molar-refractivity contribution in [2.24, 2.45) is 0 Å². The Kier molecular flexibility index (Phi) is 3.33. The van der Waals surface area contributed by atoms with Crippen molar-refractivity contribution in [2.45, 2.75) is 31.7 Å². The van der Waals surface area contributed by atoms with Crippen LogP contribution in [0.25, 0.3) is 0 Å². The maximum Gasteiger partial charge on any atom is 0.242 e. The van der Waals surface area contributed by atoms with Gasteiger partial charge in [0.05, 0.1) is 18.8 Å². The molecule has 94 valence electrons. The Morgan fingerprint density at radius 2 is 2.29 bits per heavy atom. The summed E-state index contributed by atoms with van der Waals surface area (Å²) in [6.45, 7) is 2.46. The van der Waals surface area contributed by atoms with Gasteiger partial charge in [-0.15, -0.1) is 0 Å². The molecule has 1 saturated carbocycles. The van der Waals surface area contributed by atoms with Crippen molar-refractivity contribution in [1.82, 2.24) is 9.97 Å². The van der Waals surface area contributed by atoms with Crippen LogP contribution in [0.1, 0.15) is 26.2 Å². The molecule has 1 aromatic heterocycles. The molecule has 6 nitrogen and oxygen atoms in total. The number of rotatable bonds is 5. The molecule has 0 bridgehead atoms. The highest BCUT2D eigenvalue weighted by Crippen LogP contribution is 2.36. The third-order valence-corrected chi connectivity index (χ3v) is 3.13. The fraction of sp³-hybridized carbons (Fsp3) is 0.636. The van der Waals surface area contributed by atoms with Gasteiger partial charge in [0, 0.05) is 0 Å². The minimum absolute atomic E-state index is 0.0837. The fourth-order valence-corrected chi connectivity index (χ4v) is 1.91. The summed E-state index contributed by atoms with van der Waals surface area (Å²) in [7, 11) is 0. The fourth-order valence-electron chi connectivity index (χ4n) is 1.91. The van der Waals surface area contributed by atoms with Gasteiger partial charge in [-0.1, -0.05) is 0 Å². The van der Waals surface area contributed by atoms with Crippen molar-refractivity contribution >= 4 is 11.5 Å². The lowest BCUT2D eigenvalue weighted by atomic mass is 9.77. The van der Waals surface area contributed by atoms with Crippen LogP contribution >= 0.6 is 0 Å². The summed E-state index contributed by atoms with van der Waals surface area (Å²) >= 11 is 0. The van der Waals surface area contributed by atoms with Gasteiger partial charge < -0.3 is 20.9 Å². The van der Waals surface area contributed by atoms with Crippen LogP contribution in [0.5, 0.6) is 5.88 Å². The van der Waals surface area contributed by atoms with Crippen LogP contribution in [0, 0.1) is 0 Å². The molecule has 1 heterocycles. The van der Waals surface area contributed by atoms with E-state index in [1.807, 2.05) is 6.92 Å². The van der Waals surface area contributed by atoms with Crippen LogP contribution in [-0.2, 0) is 0 Å². The van der Waals surface area contributed by atoms with E-state index in [1.54, 1.807) is 0 Å². The average Bonchev–Trinajstić information content (AvgIpc) is 2.28. The first-order chi connectivity index (χ1) is 8.21. The van der Waals surface area contributed by atoms with E-state index in [1.165, 1.54) is 6.33 Å². The second-order valence-electron chi connectivity index (χ2n) is 4.29. The molecule has 0 spiro atoms. The molecule has 0 amide bonds. The smallest absolute Gasteiger partial charge is 0.242 e. The summed E-state index contributed by atoms with van der Waals surface area (Å²) in [4.78, 5) is 8.07. The molecule has 1 aromatic rings. The van der Waals surface area contributed by atoms with E-state index in [0.717, 1.165) is 19.3 Å². The lowest BCUT2D eigenvalue weighted by molar-refractivity contribution is 0.144. The molecule has 17 heavy (non-hydrogen) atoms. The van der Waals surface area contributed by atoms with Gasteiger partial charge in [0.1, 0.15) is 12.0 Å². The van der Waals surface area contributed by atoms with Gasteiger partial charge in [0.25, 0.3) is 0 Å². The number of hydrogen-bond acceptors (Lipinski definition) is 6. The number of anilines is 2. The van der Waals surface area contributed by atoms with Crippen molar-refractivity contribution in [3.8, 4) is 5.88 Å². The Morgan fingerprint density at radius 3 is 2.82 bits per heavy atom. The quantitative estimate of drug-likeness (QED) is 0.702. The highest BCUT2D eigenvalue weighted by molar-refractivity contribution is 5.67. The van der Waals surface area contributed by atoms with E-state index in [0.29, 0.717) is 24.0 Å². The molecule has 1 aliphatic carbocycles. The minimum atomic E-state index is -0.272. The van der Waals surface area contributed by atoms with Crippen LogP contribution in [0.3, 0.4) is 0 Å². The first kappa shape index (κ1) is 11.9. The van der Waals surface area contributed by atoms with E-state index in [-0.39, 0.29) is 12.1 Å². The molecule has 0 aliphatic heterocycles. The van der Waals surface area contributed by atoms with E-state index in [2.05, 4.69) is 15.3 Å². The molecule has 0 unspecified atom stereocenters. The number of nitrogens with one attached hydrogen (secondary N) is 1. The second-order valence-corrected chi connectivity index (χ2v) is 4.29. The van der Waals surface area contributed by atoms with E-state index >= 15 is 0 Å². The van der Waals surface area contributed by atoms with E-state index in [4.69, 9.17) is 10.5 Å². The summed E-state index contributed by atoms with van der Waals surface area (Å²) in [6, 6.07) is 0. The summed E-state index contributed by atoms with van der Waals surface area (Å²) in [5.41, 5.74) is 6.04. The normalized spacial score (nSPS) is 17.3. The predicted octanol–water partition coefficient (Wildman–Crippen LogP) is 0.784. The maximum atomic E-state index is 9.38. The number of nitrogens with two attached hydrogens (primary N) is 1. The van der Waals surface area contributed by atoms with Crippen molar-refractivity contribution in [1.29, 1.82) is 0 Å². The first-order valence-corrected chi connectivity index (χ1v) is 5.83. The van der Waals surface area contributed by atoms with Crippen molar-refractivity contribution < 1.29 is 9.84 Å². The van der Waals surface area contributed by atoms with Crippen LogP contribution in [-0.4, -0.2) is 33.8 Å². The lowest BCUT2D eigenvalue weighted by Gasteiger charge is -2.41. The van der Waals surface area contributed by atoms with Crippen molar-refractivity contribution in [2.75, 3.05) is 24.3 Å². The standard InChI is InChI=1S/C11H18N4O2/c1-2-17-10-8(12)9(13-7-14-10)15-11(6-16)4-3-5-11/h7,16H,2-6,12H2,1H3,(H,13,14,15). The summed E-state index contributed by atoms with van der Waals surface area (Å²) in [5.74, 6) is 0.926. The number of nitrogen functional groups attached to an aromatic ring is 1. The number of aliphatic hydroxyl groups excluding tert-OH is 1. The molecule has 4 N–H and O–H groups in total. The molecular formula is C11H18N4O2. The zero-order chi connectivity index (χ0) is 12.3. The summed E-state index contributed by atoms with van der Waals surface area (Å²) < 4.78 is 5.30. The highest BCUT2D eigenvalue weighted by atomic mass is 16.5. The molecule has 0 atom stereocenters. The number of aromatic nitrogens is 2. The van der Waals surface area contributed by atoms with E-state index < -0.39 is 0 Å². The Bertz CT molecular complexity index is 388. The Hall–Kier alpha value is -1.56. The second kappa shape index (κ2) is 4.75. The van der Waals surface area contributed by atoms with Gasteiger partial charge in [-0.3, -0.25) is 0 Å². The Labute approximate surface area is 100 Å². The Balaban J connectivity index is 2.18. The number of aliphatic hydroxyl groups is 1. The monoisotopic (exact) mass is 238 g/mol. The van der Waals surface area contributed by atoms with Crippen molar-refractivity contribution in [3.05, 3.63) is 6.33 Å². The topological polar surface area (TPSA) is 93.3 Å². The number of nitrogens with zero attached hydrogens (tertiary/aromatic N) is 2. The lowest BCUT2D eigenvalue weighted by Crippen LogP contribution is -2.48. The molecule has 6 heteroatoms. The SMILES string of the molecule is CCOc1ncnc(NC2(CO)CCC2)c1N. The third-order valence-electron chi connectivity index (χ3n) is 3.13. The van der Waals surface area contributed by atoms with Gasteiger partial charge in [-0.2, -0.15) is 4.98 Å². The molecule has 0 radical (unpaired) electrons. The van der Waals surface area contributed by atoms with Crippen molar-refractivity contribution in [3.63, 3.8) is 0 Å². The van der Waals surface area contributed by atoms with Gasteiger partial charge in [-0.25, -0.2) is 4.98 Å². The van der Waals surface area contributed by atoms with Crippen LogP contribution in [0.2, 0.25) is 0 Å². The average molecular weight is 238 g/mol. The van der Waals surface area contributed by atoms with Crippen LogP contribution in [0.4, 0.5) is 11.5 Å². The molecule has 1 aliphatic rings. The zero-order valence-corrected chi connectivity index (χ0v) is 9.94. The molecular weight excluding hydrogens is 220 g/mol. The van der Waals surface area contributed by atoms with Crippen LogP contribution < -0.4 is 15.8 Å². The van der Waals surface area contributed by atoms with Gasteiger partial charge in [0.2, 0.25) is 5.88 Å². The number of hydrogen-bond donors (Lipinski definition) is 3. The third kappa shape index (κ3) is 2.26. The molecule has 1 fully saturated rings. The molecule has 2 rings (SSSR count). The number of ether oxygens (including phenoxy) is 1. The van der Waals surface area contributed by atoms with Gasteiger partial charge in [0.15, 0.2) is 5.82 Å². The maximum absolute atomic E-state index is 9.38. The molecule has 0 saturated heterocycles. The summed E-state index contributed by atoms with van der Waals surface area (Å²) in [5, 5.41) is 12.6. The molecule has 0 aromatic carbocycles. The Morgan fingerprint density at radius 1 is 1.53 bits per heavy atom. The van der Waals surface area contributed by atoms with Crippen LogP contribution in [0.15, 0.2) is 6.33 Å². The predicted molar refractivity (Wildman–Crippen MR) is 64.9 cm³/mol. The largest absolute Gasteiger partial charge is 0.476 e. The minimum Gasteiger partial charge on any atom is -0.476 e. The van der Waals surface area contributed by atoms with E-state index in [9.17, 15) is 5.11 Å². The van der Waals surface area contributed by atoms with Gasteiger partial charge in [-0.05, 0) is 26.2 Å². The van der Waals surface area contributed by atoms with Gasteiger partial charge >= 0.3 is 0 Å². The summed E-state index contributed by atoms with van der Waals surface area (Å²) in [6.07, 6.45) is 4.37. The first-order valence-electron chi connectivity index (χ1n) is 5.83.